The van der Waals surface area contributed by atoms with E-state index < -0.39 is 38.7 Å². The maximum atomic E-state index is 11.7. The fraction of sp³-hybridized carbons (Fsp3) is 0.310. The van der Waals surface area contributed by atoms with Crippen LogP contribution in [0.1, 0.15) is 42.9 Å². The topological polar surface area (TPSA) is 112 Å². The number of aliphatic hydroxyl groups excluding tert-OH is 2. The van der Waals surface area contributed by atoms with Gasteiger partial charge < -0.3 is 29.2 Å². The molecule has 0 saturated carbocycles. The normalized spacial score (nSPS) is 10.0. The molecular formula is C29H32O8. The summed E-state index contributed by atoms with van der Waals surface area (Å²) >= 11 is 0. The van der Waals surface area contributed by atoms with E-state index in [0.717, 1.165) is 18.4 Å². The van der Waals surface area contributed by atoms with Crippen molar-refractivity contribution < 1.29 is 38.7 Å². The van der Waals surface area contributed by atoms with Crippen molar-refractivity contribution in [2.45, 2.75) is 32.6 Å². The lowest BCUT2D eigenvalue weighted by molar-refractivity contribution is -0.146. The molecule has 37 heavy (non-hydrogen) atoms. The zero-order valence-electron chi connectivity index (χ0n) is 21.0. The van der Waals surface area contributed by atoms with E-state index in [9.17, 15) is 9.59 Å². The summed E-state index contributed by atoms with van der Waals surface area (Å²) in [5, 5.41) is 17.9. The third-order valence-corrected chi connectivity index (χ3v) is 5.04. The van der Waals surface area contributed by atoms with Gasteiger partial charge in [0.25, 0.3) is 0 Å². The molecule has 8 nitrogen and oxygen atoms in total. The predicted molar refractivity (Wildman–Crippen MR) is 138 cm³/mol. The summed E-state index contributed by atoms with van der Waals surface area (Å²) < 4.78 is 20.8. The van der Waals surface area contributed by atoms with Crippen LogP contribution < -0.4 is 9.47 Å². The molecule has 2 aromatic carbocycles. The number of hydrogen-bond donors (Lipinski definition) is 2. The minimum absolute atomic E-state index is 0.102. The van der Waals surface area contributed by atoms with Crippen molar-refractivity contribution in [2.24, 2.45) is 0 Å². The Bertz CT molecular complexity index is 1090. The Morgan fingerprint density at radius 2 is 1.30 bits per heavy atom. The van der Waals surface area contributed by atoms with Gasteiger partial charge in [0.05, 0.1) is 24.4 Å². The van der Waals surface area contributed by atoms with Crippen molar-refractivity contribution in [1.29, 1.82) is 0 Å². The Kier molecular flexibility index (Phi) is 12.5. The van der Waals surface area contributed by atoms with Gasteiger partial charge in [-0.1, -0.05) is 56.9 Å². The molecule has 0 unspecified atom stereocenters. The van der Waals surface area contributed by atoms with Gasteiger partial charge in [0, 0.05) is 17.2 Å². The molecule has 2 aromatic rings. The Labute approximate surface area is 217 Å². The molecule has 0 heterocycles. The highest BCUT2D eigenvalue weighted by atomic mass is 16.7. The minimum Gasteiger partial charge on any atom is -0.457 e. The fourth-order valence-corrected chi connectivity index (χ4v) is 2.92. The molecule has 196 valence electrons. The summed E-state index contributed by atoms with van der Waals surface area (Å²) in [7, 11) is 0. The average molecular weight is 509 g/mol. The predicted octanol–water partition coefficient (Wildman–Crippen LogP) is 3.68. The minimum atomic E-state index is -0.788. The van der Waals surface area contributed by atoms with Crippen LogP contribution in [-0.4, -0.2) is 49.0 Å². The van der Waals surface area contributed by atoms with Gasteiger partial charge in [-0.15, -0.1) is 0 Å². The molecule has 0 amide bonds. The van der Waals surface area contributed by atoms with E-state index in [0.29, 0.717) is 5.56 Å². The third-order valence-electron chi connectivity index (χ3n) is 5.04. The van der Waals surface area contributed by atoms with E-state index in [1.54, 1.807) is 12.1 Å². The van der Waals surface area contributed by atoms with Crippen molar-refractivity contribution in [1.82, 2.24) is 0 Å². The van der Waals surface area contributed by atoms with Gasteiger partial charge in [-0.3, -0.25) is 0 Å². The highest BCUT2D eigenvalue weighted by Gasteiger charge is 2.10. The molecule has 0 atom stereocenters. The van der Waals surface area contributed by atoms with Gasteiger partial charge in [-0.25, -0.2) is 9.59 Å². The van der Waals surface area contributed by atoms with Crippen LogP contribution in [0.5, 0.6) is 11.5 Å². The quantitative estimate of drug-likeness (QED) is 0.131. The summed E-state index contributed by atoms with van der Waals surface area (Å²) in [6.07, 6.45) is 4.58. The van der Waals surface area contributed by atoms with Gasteiger partial charge in [0.2, 0.25) is 13.6 Å². The smallest absolute Gasteiger partial charge is 0.338 e. The van der Waals surface area contributed by atoms with Crippen LogP contribution in [0.4, 0.5) is 0 Å². The highest BCUT2D eigenvalue weighted by Crippen LogP contribution is 2.23. The molecule has 2 rings (SSSR count). The van der Waals surface area contributed by atoms with Gasteiger partial charge in [0.15, 0.2) is 0 Å². The number of aliphatic hydroxyl groups is 2. The first-order valence-electron chi connectivity index (χ1n) is 11.8. The number of aryl methyl sites for hydroxylation is 1. The molecule has 0 aliphatic heterocycles. The van der Waals surface area contributed by atoms with Crippen LogP contribution in [0, 0.1) is 11.8 Å². The van der Waals surface area contributed by atoms with Crippen molar-refractivity contribution >= 4 is 11.9 Å². The van der Waals surface area contributed by atoms with Crippen molar-refractivity contribution in [2.75, 3.05) is 26.8 Å². The summed E-state index contributed by atoms with van der Waals surface area (Å²) in [5.41, 5.74) is 2.43. The van der Waals surface area contributed by atoms with Crippen molar-refractivity contribution in [3.05, 3.63) is 83.5 Å². The first-order chi connectivity index (χ1) is 17.9. The van der Waals surface area contributed by atoms with Crippen LogP contribution in [0.2, 0.25) is 0 Å². The van der Waals surface area contributed by atoms with Crippen LogP contribution in [-0.2, 0) is 25.5 Å². The fourth-order valence-electron chi connectivity index (χ4n) is 2.92. The number of carbonyl (C=O) groups is 2. The van der Waals surface area contributed by atoms with E-state index in [1.807, 2.05) is 12.1 Å². The molecule has 2 N–H and O–H groups in total. The molecule has 0 saturated heterocycles. The molecule has 0 fully saturated rings. The van der Waals surface area contributed by atoms with Crippen molar-refractivity contribution in [3.63, 3.8) is 0 Å². The number of carbonyl (C=O) groups excluding carboxylic acids is 2. The molecular weight excluding hydrogens is 476 g/mol. The number of ether oxygens (including phenoxy) is 4. The monoisotopic (exact) mass is 508 g/mol. The second-order valence-corrected chi connectivity index (χ2v) is 8.01. The first kappa shape index (κ1) is 29.2. The van der Waals surface area contributed by atoms with E-state index >= 15 is 0 Å². The number of hydrogen-bond acceptors (Lipinski definition) is 8. The van der Waals surface area contributed by atoms with Gasteiger partial charge in [-0.05, 0) is 42.7 Å². The Balaban J connectivity index is 2.13. The second kappa shape index (κ2) is 15.8. The largest absolute Gasteiger partial charge is 0.457 e. The summed E-state index contributed by atoms with van der Waals surface area (Å²) in [5.74, 6) is 5.12. The van der Waals surface area contributed by atoms with Crippen LogP contribution in [0.15, 0.2) is 66.8 Å². The summed E-state index contributed by atoms with van der Waals surface area (Å²) in [6, 6.07) is 12.8. The van der Waals surface area contributed by atoms with Crippen LogP contribution in [0.3, 0.4) is 0 Å². The second-order valence-electron chi connectivity index (χ2n) is 8.01. The molecule has 0 aromatic heterocycles. The number of rotatable bonds is 14. The summed E-state index contributed by atoms with van der Waals surface area (Å²) in [6.45, 7) is 7.04. The third kappa shape index (κ3) is 10.6. The molecule has 0 bridgehead atoms. The zero-order chi connectivity index (χ0) is 27.0. The lowest BCUT2D eigenvalue weighted by atomic mass is 10.1. The lowest BCUT2D eigenvalue weighted by Crippen LogP contribution is -2.14. The lowest BCUT2D eigenvalue weighted by Gasteiger charge is -2.11. The maximum Gasteiger partial charge on any atom is 0.338 e. The van der Waals surface area contributed by atoms with Gasteiger partial charge in [-0.2, -0.15) is 0 Å². The molecule has 8 heteroatoms. The van der Waals surface area contributed by atoms with Gasteiger partial charge >= 0.3 is 11.9 Å². The number of benzene rings is 2. The van der Waals surface area contributed by atoms with E-state index in [2.05, 4.69) is 44.1 Å². The van der Waals surface area contributed by atoms with Gasteiger partial charge in [0.1, 0.15) is 11.5 Å². The molecule has 0 radical (unpaired) electrons. The Hall–Kier alpha value is -4.06. The Morgan fingerprint density at radius 1 is 0.784 bits per heavy atom. The number of unbranched alkanes of at least 4 members (excludes halogenated alkanes) is 2. The highest BCUT2D eigenvalue weighted by molar-refractivity contribution is 5.88. The maximum absolute atomic E-state index is 11.7. The molecule has 0 aliphatic rings. The first-order valence-corrected chi connectivity index (χ1v) is 11.8. The van der Waals surface area contributed by atoms with E-state index in [1.165, 1.54) is 24.5 Å². The average Bonchev–Trinajstić information content (AvgIpc) is 2.91. The van der Waals surface area contributed by atoms with Crippen molar-refractivity contribution in [3.8, 4) is 23.3 Å². The zero-order valence-corrected chi connectivity index (χ0v) is 21.0. The van der Waals surface area contributed by atoms with Crippen LogP contribution in [0.25, 0.3) is 0 Å². The Morgan fingerprint density at radius 3 is 1.78 bits per heavy atom. The number of esters is 2. The molecule has 0 aliphatic carbocycles. The SMILES string of the molecule is C=C(CO)C(=O)OCOc1cc(C#Cc2ccc(CCCCC)cc2)cc(OCOC(=O)C(=C)CO)c1. The molecule has 0 spiro atoms. The standard InChI is InChI=1S/C29H32O8/c1-4-5-6-7-23-8-10-24(11-9-23)12-13-25-14-26(34-19-36-28(32)21(2)17-30)16-27(15-25)35-20-37-29(33)22(3)18-31/h8-11,14-16,30-31H,2-7,17-20H2,1H3. The van der Waals surface area contributed by atoms with E-state index in [4.69, 9.17) is 29.2 Å². The van der Waals surface area contributed by atoms with Crippen LogP contribution >= 0.6 is 0 Å². The van der Waals surface area contributed by atoms with E-state index in [-0.39, 0.29) is 22.6 Å². The summed E-state index contributed by atoms with van der Waals surface area (Å²) in [4.78, 5) is 23.3.